The van der Waals surface area contributed by atoms with E-state index in [9.17, 15) is 18.8 Å². The number of halogens is 1. The molecule has 1 aliphatic heterocycles. The molecule has 1 saturated heterocycles. The van der Waals surface area contributed by atoms with Gasteiger partial charge in [0.1, 0.15) is 11.4 Å². The molecule has 1 heterocycles. The number of rotatable bonds is 2. The number of para-hydroxylation sites is 1. The van der Waals surface area contributed by atoms with Gasteiger partial charge in [-0.3, -0.25) is 14.9 Å². The van der Waals surface area contributed by atoms with Crippen molar-refractivity contribution < 1.29 is 18.8 Å². The Bertz CT molecular complexity index is 1130. The maximum absolute atomic E-state index is 14.1. The van der Waals surface area contributed by atoms with Gasteiger partial charge in [-0.05, 0) is 34.5 Å². The number of hydrogen-bond donors (Lipinski definition) is 1. The first-order valence-electron chi connectivity index (χ1n) is 8.20. The van der Waals surface area contributed by atoms with Crippen molar-refractivity contribution in [2.45, 2.75) is 0 Å². The van der Waals surface area contributed by atoms with Crippen LogP contribution in [0.25, 0.3) is 16.8 Å². The van der Waals surface area contributed by atoms with E-state index in [0.717, 1.165) is 16.8 Å². The van der Waals surface area contributed by atoms with Crippen LogP contribution in [-0.2, 0) is 9.59 Å². The summed E-state index contributed by atoms with van der Waals surface area (Å²) >= 11 is 0. The van der Waals surface area contributed by atoms with Crippen LogP contribution in [0.4, 0.5) is 14.9 Å². The lowest BCUT2D eigenvalue weighted by Crippen LogP contribution is -2.54. The standard InChI is InChI=1S/C21H13FN2O3/c22-17-10-3-4-11-18(17)24-20(26)16(19(25)23-21(24)27)12-14-8-5-7-13-6-1-2-9-15(13)14/h1-12H,(H,23,25,27)/b16-12-. The number of nitrogens with one attached hydrogen (secondary N) is 1. The molecule has 27 heavy (non-hydrogen) atoms. The number of hydrogen-bond acceptors (Lipinski definition) is 3. The Labute approximate surface area is 153 Å². The van der Waals surface area contributed by atoms with Crippen LogP contribution in [0, 0.1) is 5.82 Å². The second-order valence-electron chi connectivity index (χ2n) is 5.98. The minimum atomic E-state index is -0.981. The van der Waals surface area contributed by atoms with E-state index in [1.807, 2.05) is 30.3 Å². The lowest BCUT2D eigenvalue weighted by molar-refractivity contribution is -0.122. The average molecular weight is 360 g/mol. The van der Waals surface area contributed by atoms with E-state index < -0.39 is 23.7 Å². The molecule has 0 aromatic heterocycles. The fraction of sp³-hybridized carbons (Fsp3) is 0. The molecule has 3 aromatic carbocycles. The molecule has 6 heteroatoms. The van der Waals surface area contributed by atoms with Gasteiger partial charge in [0.2, 0.25) is 0 Å². The van der Waals surface area contributed by atoms with Crippen molar-refractivity contribution >= 4 is 40.4 Å². The monoisotopic (exact) mass is 360 g/mol. The van der Waals surface area contributed by atoms with Crippen LogP contribution in [0.2, 0.25) is 0 Å². The zero-order valence-corrected chi connectivity index (χ0v) is 14.0. The van der Waals surface area contributed by atoms with Crippen molar-refractivity contribution in [3.8, 4) is 0 Å². The van der Waals surface area contributed by atoms with Gasteiger partial charge in [0.25, 0.3) is 11.8 Å². The van der Waals surface area contributed by atoms with Crippen LogP contribution < -0.4 is 10.2 Å². The molecule has 0 atom stereocenters. The summed E-state index contributed by atoms with van der Waals surface area (Å²) in [4.78, 5) is 37.9. The van der Waals surface area contributed by atoms with Gasteiger partial charge < -0.3 is 0 Å². The number of benzene rings is 3. The van der Waals surface area contributed by atoms with Crippen LogP contribution in [0.1, 0.15) is 5.56 Å². The molecule has 132 valence electrons. The Morgan fingerprint density at radius 3 is 2.37 bits per heavy atom. The van der Waals surface area contributed by atoms with E-state index in [0.29, 0.717) is 10.5 Å². The Kier molecular flexibility index (Phi) is 4.01. The zero-order valence-electron chi connectivity index (χ0n) is 14.0. The summed E-state index contributed by atoms with van der Waals surface area (Å²) in [5, 5.41) is 3.89. The molecule has 0 radical (unpaired) electrons. The Morgan fingerprint density at radius 2 is 1.56 bits per heavy atom. The summed E-state index contributed by atoms with van der Waals surface area (Å²) in [6.45, 7) is 0. The van der Waals surface area contributed by atoms with Crippen LogP contribution in [0.3, 0.4) is 0 Å². The summed E-state index contributed by atoms with van der Waals surface area (Å²) in [6, 6.07) is 17.4. The summed E-state index contributed by atoms with van der Waals surface area (Å²) in [5.74, 6) is -2.42. The van der Waals surface area contributed by atoms with Crippen molar-refractivity contribution in [2.75, 3.05) is 4.90 Å². The van der Waals surface area contributed by atoms with Gasteiger partial charge in [-0.25, -0.2) is 14.1 Å². The van der Waals surface area contributed by atoms with Gasteiger partial charge in [0, 0.05) is 0 Å². The molecule has 1 fully saturated rings. The number of carbonyl (C=O) groups is 3. The molecule has 4 amide bonds. The quantitative estimate of drug-likeness (QED) is 0.560. The lowest BCUT2D eigenvalue weighted by atomic mass is 10.0. The number of anilines is 1. The summed E-state index contributed by atoms with van der Waals surface area (Å²) in [6.07, 6.45) is 1.42. The molecule has 3 aromatic rings. The van der Waals surface area contributed by atoms with Crippen LogP contribution in [-0.4, -0.2) is 17.8 Å². The fourth-order valence-electron chi connectivity index (χ4n) is 3.04. The van der Waals surface area contributed by atoms with Gasteiger partial charge in [-0.2, -0.15) is 0 Å². The molecule has 5 nitrogen and oxygen atoms in total. The highest BCUT2D eigenvalue weighted by molar-refractivity contribution is 6.39. The minimum absolute atomic E-state index is 0.212. The molecule has 0 spiro atoms. The van der Waals surface area contributed by atoms with E-state index in [1.165, 1.54) is 24.3 Å². The van der Waals surface area contributed by atoms with Gasteiger partial charge in [-0.15, -0.1) is 0 Å². The highest BCUT2D eigenvalue weighted by Gasteiger charge is 2.37. The predicted octanol–water partition coefficient (Wildman–Crippen LogP) is 3.65. The van der Waals surface area contributed by atoms with Gasteiger partial charge in [0.15, 0.2) is 0 Å². The number of urea groups is 1. The Hall–Kier alpha value is -3.80. The van der Waals surface area contributed by atoms with Gasteiger partial charge >= 0.3 is 6.03 Å². The predicted molar refractivity (Wildman–Crippen MR) is 99.3 cm³/mol. The Balaban J connectivity index is 1.83. The second-order valence-corrected chi connectivity index (χ2v) is 5.98. The van der Waals surface area contributed by atoms with E-state index in [4.69, 9.17) is 0 Å². The second kappa shape index (κ2) is 6.49. The van der Waals surface area contributed by atoms with E-state index in [1.54, 1.807) is 12.1 Å². The number of fused-ring (bicyclic) bond motifs is 1. The Morgan fingerprint density at radius 1 is 0.852 bits per heavy atom. The fourth-order valence-corrected chi connectivity index (χ4v) is 3.04. The first kappa shape index (κ1) is 16.7. The van der Waals surface area contributed by atoms with E-state index >= 15 is 0 Å². The largest absolute Gasteiger partial charge is 0.336 e. The SMILES string of the molecule is O=C1NC(=O)N(c2ccccc2F)C(=O)/C1=C\c1cccc2ccccc12. The van der Waals surface area contributed by atoms with Crippen LogP contribution in [0.5, 0.6) is 0 Å². The first-order chi connectivity index (χ1) is 13.1. The highest BCUT2D eigenvalue weighted by atomic mass is 19.1. The molecule has 0 saturated carbocycles. The van der Waals surface area contributed by atoms with Gasteiger partial charge in [0.05, 0.1) is 5.69 Å². The maximum atomic E-state index is 14.1. The maximum Gasteiger partial charge on any atom is 0.336 e. The molecule has 0 bridgehead atoms. The third-order valence-corrected chi connectivity index (χ3v) is 4.32. The first-order valence-corrected chi connectivity index (χ1v) is 8.20. The van der Waals surface area contributed by atoms with Crippen molar-refractivity contribution in [3.05, 3.63) is 83.7 Å². The molecular formula is C21H13FN2O3. The molecule has 4 rings (SSSR count). The summed E-state index contributed by atoms with van der Waals surface area (Å²) < 4.78 is 14.1. The molecule has 0 aliphatic carbocycles. The van der Waals surface area contributed by atoms with Crippen LogP contribution >= 0.6 is 0 Å². The van der Waals surface area contributed by atoms with Crippen molar-refractivity contribution in [1.29, 1.82) is 0 Å². The van der Waals surface area contributed by atoms with Crippen molar-refractivity contribution in [2.24, 2.45) is 0 Å². The zero-order chi connectivity index (χ0) is 19.0. The van der Waals surface area contributed by atoms with E-state index in [-0.39, 0.29) is 11.3 Å². The molecule has 0 unspecified atom stereocenters. The number of amides is 4. The topological polar surface area (TPSA) is 66.5 Å². The minimum Gasteiger partial charge on any atom is -0.273 e. The third kappa shape index (κ3) is 2.87. The molecule has 1 aliphatic rings. The number of nitrogens with zero attached hydrogens (tertiary/aromatic N) is 1. The summed E-state index contributed by atoms with van der Waals surface area (Å²) in [5.41, 5.74) is 0.194. The highest BCUT2D eigenvalue weighted by Crippen LogP contribution is 2.26. The van der Waals surface area contributed by atoms with Gasteiger partial charge in [-0.1, -0.05) is 54.6 Å². The van der Waals surface area contributed by atoms with Crippen molar-refractivity contribution in [3.63, 3.8) is 0 Å². The lowest BCUT2D eigenvalue weighted by Gasteiger charge is -2.26. The average Bonchev–Trinajstić information content (AvgIpc) is 2.66. The number of barbiturate groups is 1. The number of carbonyl (C=O) groups excluding carboxylic acids is 3. The smallest absolute Gasteiger partial charge is 0.273 e. The molecule has 1 N–H and O–H groups in total. The molecular weight excluding hydrogens is 347 g/mol. The third-order valence-electron chi connectivity index (χ3n) is 4.32. The van der Waals surface area contributed by atoms with Crippen LogP contribution in [0.15, 0.2) is 72.3 Å². The normalized spacial score (nSPS) is 16.1. The summed E-state index contributed by atoms with van der Waals surface area (Å²) in [7, 11) is 0. The van der Waals surface area contributed by atoms with E-state index in [2.05, 4.69) is 5.32 Å². The van der Waals surface area contributed by atoms with Crippen molar-refractivity contribution in [1.82, 2.24) is 5.32 Å². The number of imide groups is 2.